The van der Waals surface area contributed by atoms with Gasteiger partial charge in [0.2, 0.25) is 0 Å². The van der Waals surface area contributed by atoms with Gasteiger partial charge in [-0.2, -0.15) is 0 Å². The lowest BCUT2D eigenvalue weighted by Gasteiger charge is -2.44. The van der Waals surface area contributed by atoms with E-state index in [1.54, 1.807) is 0 Å². The summed E-state index contributed by atoms with van der Waals surface area (Å²) in [5.74, 6) is 2.22. The minimum absolute atomic E-state index is 0.638. The molecule has 0 amide bonds. The van der Waals surface area contributed by atoms with Gasteiger partial charge in [-0.3, -0.25) is 0 Å². The Hall–Kier alpha value is -0.0400. The van der Waals surface area contributed by atoms with Crippen LogP contribution < -0.4 is 5.32 Å². The average molecular weight is 179 g/mol. The van der Waals surface area contributed by atoms with E-state index in [0.29, 0.717) is 5.41 Å². The summed E-state index contributed by atoms with van der Waals surface area (Å²) in [6, 6.07) is 1.77. The normalized spacial score (nSPS) is 47.1. The molecule has 0 aromatic rings. The second kappa shape index (κ2) is 2.50. The first-order valence-electron chi connectivity index (χ1n) is 5.90. The highest BCUT2D eigenvalue weighted by molar-refractivity contribution is 5.04. The number of hydrogen-bond donors (Lipinski definition) is 1. The minimum atomic E-state index is 0.638. The second-order valence-electron chi connectivity index (χ2n) is 6.28. The van der Waals surface area contributed by atoms with E-state index < -0.39 is 0 Å². The molecule has 3 saturated carbocycles. The molecular weight excluding hydrogens is 158 g/mol. The molecule has 0 saturated heterocycles. The summed E-state index contributed by atoms with van der Waals surface area (Å²) in [5.41, 5.74) is 0.638. The molecule has 1 nitrogen and oxygen atoms in total. The largest absolute Gasteiger partial charge is 0.311 e. The Balaban J connectivity index is 1.49. The minimum Gasteiger partial charge on any atom is -0.311 e. The molecule has 3 unspecified atom stereocenters. The van der Waals surface area contributed by atoms with Gasteiger partial charge in [-0.25, -0.2) is 0 Å². The molecule has 3 fully saturated rings. The Bertz CT molecular complexity index is 213. The predicted molar refractivity (Wildman–Crippen MR) is 54.6 cm³/mol. The van der Waals surface area contributed by atoms with Crippen LogP contribution in [0, 0.1) is 17.3 Å². The summed E-state index contributed by atoms with van der Waals surface area (Å²) in [6.45, 7) is 4.78. The summed E-state index contributed by atoms with van der Waals surface area (Å²) in [6.07, 6.45) is 7.32. The summed E-state index contributed by atoms with van der Waals surface area (Å²) in [7, 11) is 0. The highest BCUT2D eigenvalue weighted by Crippen LogP contribution is 2.52. The first kappa shape index (κ1) is 8.28. The fourth-order valence-electron chi connectivity index (χ4n) is 3.61. The second-order valence-corrected chi connectivity index (χ2v) is 6.28. The van der Waals surface area contributed by atoms with Gasteiger partial charge in [0.25, 0.3) is 0 Å². The van der Waals surface area contributed by atoms with E-state index in [0.717, 1.165) is 23.9 Å². The first-order valence-corrected chi connectivity index (χ1v) is 5.90. The Kier molecular flexibility index (Phi) is 1.59. The van der Waals surface area contributed by atoms with Crippen LogP contribution in [-0.2, 0) is 0 Å². The maximum Gasteiger partial charge on any atom is 0.0101 e. The van der Waals surface area contributed by atoms with Crippen LogP contribution in [0.3, 0.4) is 0 Å². The summed E-state index contributed by atoms with van der Waals surface area (Å²) >= 11 is 0. The molecule has 0 heterocycles. The van der Waals surface area contributed by atoms with Crippen LogP contribution in [0.15, 0.2) is 0 Å². The molecule has 0 radical (unpaired) electrons. The number of hydrogen-bond acceptors (Lipinski definition) is 1. The smallest absolute Gasteiger partial charge is 0.0101 e. The van der Waals surface area contributed by atoms with Gasteiger partial charge < -0.3 is 5.32 Å². The van der Waals surface area contributed by atoms with Gasteiger partial charge in [-0.05, 0) is 49.4 Å². The predicted octanol–water partition coefficient (Wildman–Crippen LogP) is 2.56. The highest BCUT2D eigenvalue weighted by Gasteiger charge is 2.49. The van der Waals surface area contributed by atoms with Crippen molar-refractivity contribution in [3.05, 3.63) is 0 Å². The fraction of sp³-hybridized carbons (Fsp3) is 1.00. The van der Waals surface area contributed by atoms with Gasteiger partial charge in [-0.15, -0.1) is 0 Å². The molecular formula is C12H21N. The van der Waals surface area contributed by atoms with E-state index in [1.807, 2.05) is 0 Å². The van der Waals surface area contributed by atoms with Crippen molar-refractivity contribution < 1.29 is 0 Å². The molecule has 3 rings (SSSR count). The SMILES string of the molecule is CC1(C)CC(NC2CCC3CC32)C1. The Morgan fingerprint density at radius 2 is 1.92 bits per heavy atom. The van der Waals surface area contributed by atoms with Gasteiger partial charge >= 0.3 is 0 Å². The lowest BCUT2D eigenvalue weighted by atomic mass is 9.68. The molecule has 3 aliphatic carbocycles. The number of nitrogens with one attached hydrogen (secondary N) is 1. The zero-order valence-electron chi connectivity index (χ0n) is 8.84. The topological polar surface area (TPSA) is 12.0 Å². The van der Waals surface area contributed by atoms with Crippen LogP contribution in [0.25, 0.3) is 0 Å². The standard InChI is InChI=1S/C12H21N/c1-12(2)6-9(7-12)13-11-4-3-8-5-10(8)11/h8-11,13H,3-7H2,1-2H3. The zero-order chi connectivity index (χ0) is 9.05. The van der Waals surface area contributed by atoms with Crippen molar-refractivity contribution in [2.45, 2.75) is 58.0 Å². The van der Waals surface area contributed by atoms with Crippen LogP contribution in [0.2, 0.25) is 0 Å². The van der Waals surface area contributed by atoms with Crippen LogP contribution >= 0.6 is 0 Å². The van der Waals surface area contributed by atoms with Crippen LogP contribution in [0.4, 0.5) is 0 Å². The molecule has 0 aliphatic heterocycles. The van der Waals surface area contributed by atoms with Gasteiger partial charge in [0, 0.05) is 12.1 Å². The first-order chi connectivity index (χ1) is 6.14. The highest BCUT2D eigenvalue weighted by atomic mass is 15.0. The van der Waals surface area contributed by atoms with Gasteiger partial charge in [0.1, 0.15) is 0 Å². The lowest BCUT2D eigenvalue weighted by Crippen LogP contribution is -2.49. The maximum absolute atomic E-state index is 3.86. The van der Waals surface area contributed by atoms with Crippen LogP contribution in [0.5, 0.6) is 0 Å². The molecule has 3 atom stereocenters. The van der Waals surface area contributed by atoms with Crippen molar-refractivity contribution in [1.29, 1.82) is 0 Å². The molecule has 3 aliphatic rings. The Morgan fingerprint density at radius 3 is 2.38 bits per heavy atom. The molecule has 74 valence electrons. The van der Waals surface area contributed by atoms with Crippen molar-refractivity contribution in [1.82, 2.24) is 5.32 Å². The van der Waals surface area contributed by atoms with Crippen LogP contribution in [-0.4, -0.2) is 12.1 Å². The van der Waals surface area contributed by atoms with Crippen molar-refractivity contribution in [2.24, 2.45) is 17.3 Å². The van der Waals surface area contributed by atoms with E-state index in [1.165, 1.54) is 32.1 Å². The zero-order valence-corrected chi connectivity index (χ0v) is 8.84. The van der Waals surface area contributed by atoms with E-state index in [2.05, 4.69) is 19.2 Å². The van der Waals surface area contributed by atoms with E-state index >= 15 is 0 Å². The molecule has 0 aromatic heterocycles. The molecule has 0 aromatic carbocycles. The summed E-state index contributed by atoms with van der Waals surface area (Å²) in [4.78, 5) is 0. The number of rotatable bonds is 2. The van der Waals surface area contributed by atoms with Gasteiger partial charge in [-0.1, -0.05) is 13.8 Å². The molecule has 1 heteroatoms. The van der Waals surface area contributed by atoms with E-state index in [4.69, 9.17) is 0 Å². The summed E-state index contributed by atoms with van der Waals surface area (Å²) < 4.78 is 0. The Labute approximate surface area is 81.3 Å². The van der Waals surface area contributed by atoms with Gasteiger partial charge in [0.05, 0.1) is 0 Å². The number of fused-ring (bicyclic) bond motifs is 1. The Morgan fingerprint density at radius 1 is 1.15 bits per heavy atom. The maximum atomic E-state index is 3.86. The van der Waals surface area contributed by atoms with Crippen molar-refractivity contribution in [2.75, 3.05) is 0 Å². The van der Waals surface area contributed by atoms with Crippen molar-refractivity contribution in [3.63, 3.8) is 0 Å². The van der Waals surface area contributed by atoms with E-state index in [-0.39, 0.29) is 0 Å². The average Bonchev–Trinajstić information content (AvgIpc) is 2.66. The third-order valence-corrected chi connectivity index (χ3v) is 4.39. The quantitative estimate of drug-likeness (QED) is 0.687. The monoisotopic (exact) mass is 179 g/mol. The van der Waals surface area contributed by atoms with Crippen LogP contribution in [0.1, 0.15) is 46.0 Å². The van der Waals surface area contributed by atoms with Crippen molar-refractivity contribution >= 4 is 0 Å². The third-order valence-electron chi connectivity index (χ3n) is 4.39. The molecule has 1 N–H and O–H groups in total. The fourth-order valence-corrected chi connectivity index (χ4v) is 3.61. The van der Waals surface area contributed by atoms with Crippen molar-refractivity contribution in [3.8, 4) is 0 Å². The van der Waals surface area contributed by atoms with E-state index in [9.17, 15) is 0 Å². The summed E-state index contributed by atoms with van der Waals surface area (Å²) in [5, 5.41) is 3.86. The third kappa shape index (κ3) is 1.41. The lowest BCUT2D eigenvalue weighted by molar-refractivity contribution is 0.114. The molecule has 0 bridgehead atoms. The molecule has 13 heavy (non-hydrogen) atoms. The van der Waals surface area contributed by atoms with Gasteiger partial charge in [0.15, 0.2) is 0 Å². The molecule has 0 spiro atoms.